The van der Waals surface area contributed by atoms with Crippen LogP contribution < -0.4 is 10.0 Å². The maximum Gasteiger partial charge on any atom is 0.240 e. The van der Waals surface area contributed by atoms with Crippen molar-refractivity contribution in [2.24, 2.45) is 5.92 Å². The van der Waals surface area contributed by atoms with Gasteiger partial charge in [0.25, 0.3) is 0 Å². The van der Waals surface area contributed by atoms with Gasteiger partial charge in [-0.05, 0) is 72.3 Å². The van der Waals surface area contributed by atoms with Crippen LogP contribution >= 0.6 is 22.6 Å². The van der Waals surface area contributed by atoms with E-state index in [1.54, 1.807) is 24.3 Å². The minimum absolute atomic E-state index is 0.337. The van der Waals surface area contributed by atoms with Gasteiger partial charge in [-0.2, -0.15) is 0 Å². The Morgan fingerprint density at radius 3 is 2.65 bits per heavy atom. The summed E-state index contributed by atoms with van der Waals surface area (Å²) < 4.78 is 27.6. The van der Waals surface area contributed by atoms with Gasteiger partial charge in [0.05, 0.1) is 4.90 Å². The smallest absolute Gasteiger partial charge is 0.240 e. The zero-order valence-corrected chi connectivity index (χ0v) is 12.3. The molecule has 6 heteroatoms. The molecule has 0 amide bonds. The molecule has 0 spiro atoms. The van der Waals surface area contributed by atoms with Gasteiger partial charge in [-0.25, -0.2) is 13.1 Å². The molecule has 2 N–H and O–H groups in total. The topological polar surface area (TPSA) is 58.2 Å². The van der Waals surface area contributed by atoms with Gasteiger partial charge in [0.15, 0.2) is 0 Å². The van der Waals surface area contributed by atoms with Crippen molar-refractivity contribution in [3.05, 3.63) is 27.8 Å². The summed E-state index contributed by atoms with van der Waals surface area (Å²) in [6.45, 7) is 2.40. The van der Waals surface area contributed by atoms with E-state index in [1.807, 2.05) is 0 Å². The van der Waals surface area contributed by atoms with Crippen LogP contribution in [0.4, 0.5) is 0 Å². The van der Waals surface area contributed by atoms with Crippen molar-refractivity contribution in [2.75, 3.05) is 19.6 Å². The third-order valence-electron chi connectivity index (χ3n) is 2.85. The molecule has 1 aliphatic heterocycles. The number of halogens is 1. The first-order valence-electron chi connectivity index (χ1n) is 5.54. The molecule has 1 aromatic carbocycles. The largest absolute Gasteiger partial charge is 0.316 e. The van der Waals surface area contributed by atoms with Gasteiger partial charge in [-0.3, -0.25) is 0 Å². The first-order valence-corrected chi connectivity index (χ1v) is 8.10. The van der Waals surface area contributed by atoms with E-state index < -0.39 is 10.0 Å². The standard InChI is InChI=1S/C11H15IN2O2S/c12-10-1-3-11(4-2-10)17(15,16)14-8-9-5-6-13-7-9/h1-4,9,13-14H,5-8H2. The molecule has 1 unspecified atom stereocenters. The van der Waals surface area contributed by atoms with E-state index in [0.29, 0.717) is 17.4 Å². The summed E-state index contributed by atoms with van der Waals surface area (Å²) >= 11 is 2.15. The van der Waals surface area contributed by atoms with Crippen LogP contribution in [0.2, 0.25) is 0 Å². The first kappa shape index (κ1) is 13.3. The average Bonchev–Trinajstić information content (AvgIpc) is 2.80. The molecule has 94 valence electrons. The van der Waals surface area contributed by atoms with Gasteiger partial charge in [0, 0.05) is 10.1 Å². The molecule has 1 atom stereocenters. The number of hydrogen-bond donors (Lipinski definition) is 2. The normalized spacial score (nSPS) is 20.6. The lowest BCUT2D eigenvalue weighted by atomic mass is 10.1. The Labute approximate surface area is 115 Å². The van der Waals surface area contributed by atoms with Gasteiger partial charge in [0.2, 0.25) is 10.0 Å². The highest BCUT2D eigenvalue weighted by molar-refractivity contribution is 14.1. The molecule has 0 saturated carbocycles. The molecule has 1 saturated heterocycles. The molecule has 0 aromatic heterocycles. The molecule has 1 aliphatic rings. The lowest BCUT2D eigenvalue weighted by molar-refractivity contribution is 0.539. The maximum absolute atomic E-state index is 12.0. The third-order valence-corrected chi connectivity index (χ3v) is 5.01. The summed E-state index contributed by atoms with van der Waals surface area (Å²) in [5.41, 5.74) is 0. The van der Waals surface area contributed by atoms with E-state index in [-0.39, 0.29) is 0 Å². The summed E-state index contributed by atoms with van der Waals surface area (Å²) in [6, 6.07) is 6.87. The van der Waals surface area contributed by atoms with Crippen molar-refractivity contribution in [1.29, 1.82) is 0 Å². The van der Waals surface area contributed by atoms with Crippen molar-refractivity contribution in [3.63, 3.8) is 0 Å². The number of hydrogen-bond acceptors (Lipinski definition) is 3. The minimum atomic E-state index is -3.35. The van der Waals surface area contributed by atoms with E-state index in [4.69, 9.17) is 0 Å². The van der Waals surface area contributed by atoms with Crippen LogP contribution in [0.25, 0.3) is 0 Å². The average molecular weight is 366 g/mol. The second kappa shape index (κ2) is 5.64. The second-order valence-corrected chi connectivity index (χ2v) is 7.18. The monoisotopic (exact) mass is 366 g/mol. The van der Waals surface area contributed by atoms with Crippen LogP contribution in [0.5, 0.6) is 0 Å². The summed E-state index contributed by atoms with van der Waals surface area (Å²) in [5, 5.41) is 3.22. The Bertz CT molecular complexity index is 467. The zero-order chi connectivity index (χ0) is 12.3. The summed E-state index contributed by atoms with van der Waals surface area (Å²) in [4.78, 5) is 0.337. The SMILES string of the molecule is O=S(=O)(NCC1CCNC1)c1ccc(I)cc1. The van der Waals surface area contributed by atoms with Gasteiger partial charge in [-0.15, -0.1) is 0 Å². The van der Waals surface area contributed by atoms with E-state index in [1.165, 1.54) is 0 Å². The van der Waals surface area contributed by atoms with Gasteiger partial charge in [-0.1, -0.05) is 0 Å². The van der Waals surface area contributed by atoms with Crippen LogP contribution in [0, 0.1) is 9.49 Å². The van der Waals surface area contributed by atoms with Crippen LogP contribution in [0.15, 0.2) is 29.2 Å². The predicted octanol–water partition coefficient (Wildman–Crippen LogP) is 1.18. The Morgan fingerprint density at radius 1 is 1.35 bits per heavy atom. The van der Waals surface area contributed by atoms with Crippen molar-refractivity contribution >= 4 is 32.6 Å². The molecule has 1 aromatic rings. The molecule has 4 nitrogen and oxygen atoms in total. The zero-order valence-electron chi connectivity index (χ0n) is 9.32. The molecular formula is C11H15IN2O2S. The van der Waals surface area contributed by atoms with E-state index in [2.05, 4.69) is 32.6 Å². The first-order chi connectivity index (χ1) is 8.08. The van der Waals surface area contributed by atoms with Crippen molar-refractivity contribution in [2.45, 2.75) is 11.3 Å². The van der Waals surface area contributed by atoms with E-state index in [9.17, 15) is 8.42 Å². The minimum Gasteiger partial charge on any atom is -0.316 e. The van der Waals surface area contributed by atoms with Gasteiger partial charge >= 0.3 is 0 Å². The maximum atomic E-state index is 12.0. The predicted molar refractivity (Wildman–Crippen MR) is 75.3 cm³/mol. The van der Waals surface area contributed by atoms with Crippen molar-refractivity contribution < 1.29 is 8.42 Å². The third kappa shape index (κ3) is 3.64. The summed E-state index contributed by atoms with van der Waals surface area (Å²) in [6.07, 6.45) is 1.04. The molecule has 1 fully saturated rings. The Morgan fingerprint density at radius 2 is 2.06 bits per heavy atom. The van der Waals surface area contributed by atoms with Crippen LogP contribution in [-0.2, 0) is 10.0 Å². The summed E-state index contributed by atoms with van der Waals surface area (Å²) in [5.74, 6) is 0.411. The molecule has 17 heavy (non-hydrogen) atoms. The fraction of sp³-hybridized carbons (Fsp3) is 0.455. The van der Waals surface area contributed by atoms with E-state index in [0.717, 1.165) is 23.1 Å². The van der Waals surface area contributed by atoms with Crippen LogP contribution in [0.1, 0.15) is 6.42 Å². The fourth-order valence-corrected chi connectivity index (χ4v) is 3.29. The Balaban J connectivity index is 2.00. The number of benzene rings is 1. The Hall–Kier alpha value is -0.180. The number of nitrogens with one attached hydrogen (secondary N) is 2. The molecule has 2 rings (SSSR count). The molecule has 0 radical (unpaired) electrons. The highest BCUT2D eigenvalue weighted by Gasteiger charge is 2.19. The van der Waals surface area contributed by atoms with Crippen molar-refractivity contribution in [3.8, 4) is 0 Å². The second-order valence-electron chi connectivity index (χ2n) is 4.16. The van der Waals surface area contributed by atoms with E-state index >= 15 is 0 Å². The van der Waals surface area contributed by atoms with Crippen LogP contribution in [0.3, 0.4) is 0 Å². The van der Waals surface area contributed by atoms with Gasteiger partial charge in [0.1, 0.15) is 0 Å². The summed E-state index contributed by atoms with van der Waals surface area (Å²) in [7, 11) is -3.35. The van der Waals surface area contributed by atoms with Gasteiger partial charge < -0.3 is 5.32 Å². The molecule has 0 aliphatic carbocycles. The number of sulfonamides is 1. The molecule has 1 heterocycles. The van der Waals surface area contributed by atoms with Crippen LogP contribution in [-0.4, -0.2) is 28.1 Å². The molecule has 0 bridgehead atoms. The van der Waals surface area contributed by atoms with Crippen molar-refractivity contribution in [1.82, 2.24) is 10.0 Å². The lowest BCUT2D eigenvalue weighted by Crippen LogP contribution is -2.30. The highest BCUT2D eigenvalue weighted by Crippen LogP contribution is 2.13. The highest BCUT2D eigenvalue weighted by atomic mass is 127. The Kier molecular flexibility index (Phi) is 4.40. The lowest BCUT2D eigenvalue weighted by Gasteiger charge is -2.10. The number of rotatable bonds is 4. The molecular weight excluding hydrogens is 351 g/mol. The fourth-order valence-electron chi connectivity index (χ4n) is 1.81. The quantitative estimate of drug-likeness (QED) is 0.787.